The van der Waals surface area contributed by atoms with E-state index in [1.807, 2.05) is 0 Å². The van der Waals surface area contributed by atoms with E-state index < -0.39 is 23.5 Å². The standard InChI is InChI=1S/C9H8Br2F3NO2/c1-17-4-2-3(10)6(11)5(7(4)16)8(15)9(12,13)14/h2,8,16H,15H2,1H3/t8-/m1/s1. The molecule has 0 saturated carbocycles. The first kappa shape index (κ1) is 14.6. The number of benzene rings is 1. The number of alkyl halides is 3. The van der Waals surface area contributed by atoms with E-state index in [0.717, 1.165) is 0 Å². The average Bonchev–Trinajstić information content (AvgIpc) is 2.22. The maximum Gasteiger partial charge on any atom is 0.407 e. The highest BCUT2D eigenvalue weighted by molar-refractivity contribution is 9.13. The maximum atomic E-state index is 12.5. The molecule has 1 atom stereocenters. The fourth-order valence-electron chi connectivity index (χ4n) is 1.22. The van der Waals surface area contributed by atoms with Gasteiger partial charge in [-0.1, -0.05) is 0 Å². The molecule has 17 heavy (non-hydrogen) atoms. The topological polar surface area (TPSA) is 55.5 Å². The molecule has 0 spiro atoms. The summed E-state index contributed by atoms with van der Waals surface area (Å²) in [6.45, 7) is 0. The summed E-state index contributed by atoms with van der Waals surface area (Å²) in [5.41, 5.74) is 4.61. The molecule has 0 saturated heterocycles. The molecule has 1 aromatic carbocycles. The van der Waals surface area contributed by atoms with Gasteiger partial charge in [-0.05, 0) is 37.9 Å². The molecular formula is C9H8Br2F3NO2. The molecular weight excluding hydrogens is 371 g/mol. The van der Waals surface area contributed by atoms with Crippen LogP contribution in [0.15, 0.2) is 15.0 Å². The number of methoxy groups -OCH3 is 1. The second-order valence-corrected chi connectivity index (χ2v) is 4.80. The second-order valence-electron chi connectivity index (χ2n) is 3.16. The molecule has 1 aromatic rings. The summed E-state index contributed by atoms with van der Waals surface area (Å²) in [6.07, 6.45) is -4.66. The van der Waals surface area contributed by atoms with Crippen molar-refractivity contribution in [2.75, 3.05) is 7.11 Å². The Balaban J connectivity index is 3.46. The molecule has 0 radical (unpaired) electrons. The first-order valence-electron chi connectivity index (χ1n) is 4.27. The number of ether oxygens (including phenoxy) is 1. The Kier molecular flexibility index (Phi) is 4.32. The van der Waals surface area contributed by atoms with Crippen LogP contribution in [0, 0.1) is 0 Å². The van der Waals surface area contributed by atoms with Crippen molar-refractivity contribution < 1.29 is 23.0 Å². The van der Waals surface area contributed by atoms with E-state index in [0.29, 0.717) is 4.47 Å². The van der Waals surface area contributed by atoms with Crippen LogP contribution in [-0.4, -0.2) is 18.4 Å². The molecule has 1 rings (SSSR count). The number of rotatable bonds is 2. The predicted molar refractivity (Wildman–Crippen MR) is 63.0 cm³/mol. The van der Waals surface area contributed by atoms with E-state index in [4.69, 9.17) is 10.5 Å². The van der Waals surface area contributed by atoms with Gasteiger partial charge in [0.25, 0.3) is 0 Å². The van der Waals surface area contributed by atoms with Crippen LogP contribution in [-0.2, 0) is 0 Å². The van der Waals surface area contributed by atoms with E-state index >= 15 is 0 Å². The minimum Gasteiger partial charge on any atom is -0.504 e. The van der Waals surface area contributed by atoms with Gasteiger partial charge in [-0.25, -0.2) is 0 Å². The molecule has 0 aliphatic rings. The number of halogens is 5. The zero-order valence-electron chi connectivity index (χ0n) is 8.48. The molecule has 0 heterocycles. The predicted octanol–water partition coefficient (Wildman–Crippen LogP) is 3.49. The van der Waals surface area contributed by atoms with Crippen molar-refractivity contribution in [2.45, 2.75) is 12.2 Å². The number of phenols is 1. The summed E-state index contributed by atoms with van der Waals surface area (Å²) in [4.78, 5) is 0. The highest BCUT2D eigenvalue weighted by Gasteiger charge is 2.41. The van der Waals surface area contributed by atoms with Gasteiger partial charge in [-0.2, -0.15) is 13.2 Å². The van der Waals surface area contributed by atoms with Crippen molar-refractivity contribution in [3.63, 3.8) is 0 Å². The SMILES string of the molecule is COc1cc(Br)c(Br)c([C@@H](N)C(F)(F)F)c1O. The summed E-state index contributed by atoms with van der Waals surface area (Å²) < 4.78 is 42.8. The molecule has 0 bridgehead atoms. The molecule has 0 aliphatic carbocycles. The lowest BCUT2D eigenvalue weighted by atomic mass is 10.1. The van der Waals surface area contributed by atoms with E-state index in [9.17, 15) is 18.3 Å². The molecule has 0 aliphatic heterocycles. The minimum absolute atomic E-state index is 0.0422. The number of hydrogen-bond acceptors (Lipinski definition) is 3. The van der Waals surface area contributed by atoms with Crippen molar-refractivity contribution in [1.82, 2.24) is 0 Å². The molecule has 3 nitrogen and oxygen atoms in total. The molecule has 0 fully saturated rings. The van der Waals surface area contributed by atoms with Gasteiger partial charge in [0.15, 0.2) is 11.5 Å². The monoisotopic (exact) mass is 377 g/mol. The van der Waals surface area contributed by atoms with Crippen LogP contribution in [0.25, 0.3) is 0 Å². The third-order valence-corrected chi connectivity index (χ3v) is 4.09. The zero-order chi connectivity index (χ0) is 13.4. The number of nitrogens with two attached hydrogens (primary N) is 1. The Morgan fingerprint density at radius 1 is 1.41 bits per heavy atom. The van der Waals surface area contributed by atoms with Crippen LogP contribution in [0.4, 0.5) is 13.2 Å². The lowest BCUT2D eigenvalue weighted by Crippen LogP contribution is -2.29. The average molecular weight is 379 g/mol. The molecule has 3 N–H and O–H groups in total. The van der Waals surface area contributed by atoms with Crippen LogP contribution in [0.5, 0.6) is 11.5 Å². The molecule has 0 unspecified atom stereocenters. The Bertz CT molecular complexity index is 437. The van der Waals surface area contributed by atoms with Gasteiger partial charge in [-0.3, -0.25) is 0 Å². The summed E-state index contributed by atoms with van der Waals surface area (Å²) in [5.74, 6) is -0.720. The smallest absolute Gasteiger partial charge is 0.407 e. The first-order valence-corrected chi connectivity index (χ1v) is 5.85. The second kappa shape index (κ2) is 5.03. The Morgan fingerprint density at radius 3 is 2.35 bits per heavy atom. The van der Waals surface area contributed by atoms with E-state index in [-0.39, 0.29) is 10.2 Å². The van der Waals surface area contributed by atoms with E-state index in [2.05, 4.69) is 31.9 Å². The highest BCUT2D eigenvalue weighted by atomic mass is 79.9. The van der Waals surface area contributed by atoms with Gasteiger partial charge in [0.2, 0.25) is 0 Å². The molecule has 0 amide bonds. The van der Waals surface area contributed by atoms with Crippen LogP contribution in [0.3, 0.4) is 0 Å². The number of phenolic OH excluding ortho intramolecular Hbond substituents is 1. The number of hydrogen-bond donors (Lipinski definition) is 2. The van der Waals surface area contributed by atoms with Crippen LogP contribution in [0.1, 0.15) is 11.6 Å². The fourth-order valence-corrected chi connectivity index (χ4v) is 2.19. The highest BCUT2D eigenvalue weighted by Crippen LogP contribution is 2.46. The van der Waals surface area contributed by atoms with Gasteiger partial charge in [0.1, 0.15) is 6.04 Å². The van der Waals surface area contributed by atoms with Gasteiger partial charge in [0.05, 0.1) is 7.11 Å². The van der Waals surface area contributed by atoms with Gasteiger partial charge < -0.3 is 15.6 Å². The summed E-state index contributed by atoms with van der Waals surface area (Å²) in [6, 6.07) is -0.963. The summed E-state index contributed by atoms with van der Waals surface area (Å²) in [5, 5.41) is 9.67. The van der Waals surface area contributed by atoms with E-state index in [1.54, 1.807) is 0 Å². The quantitative estimate of drug-likeness (QED) is 0.828. The Morgan fingerprint density at radius 2 is 1.94 bits per heavy atom. The van der Waals surface area contributed by atoms with Gasteiger partial charge in [0, 0.05) is 14.5 Å². The molecule has 96 valence electrons. The van der Waals surface area contributed by atoms with Gasteiger partial charge in [-0.15, -0.1) is 0 Å². The van der Waals surface area contributed by atoms with Crippen molar-refractivity contribution in [2.24, 2.45) is 5.73 Å². The van der Waals surface area contributed by atoms with Crippen molar-refractivity contribution in [1.29, 1.82) is 0 Å². The number of aromatic hydroxyl groups is 1. The van der Waals surface area contributed by atoms with Crippen molar-refractivity contribution >= 4 is 31.9 Å². The van der Waals surface area contributed by atoms with Gasteiger partial charge >= 0.3 is 6.18 Å². The lowest BCUT2D eigenvalue weighted by Gasteiger charge is -2.20. The normalized spacial score (nSPS) is 13.6. The Hall–Kier alpha value is -0.470. The van der Waals surface area contributed by atoms with E-state index in [1.165, 1.54) is 13.2 Å². The largest absolute Gasteiger partial charge is 0.504 e. The minimum atomic E-state index is -4.66. The molecule has 0 aromatic heterocycles. The van der Waals surface area contributed by atoms with Crippen molar-refractivity contribution in [3.8, 4) is 11.5 Å². The van der Waals surface area contributed by atoms with Crippen LogP contribution >= 0.6 is 31.9 Å². The summed E-state index contributed by atoms with van der Waals surface area (Å²) >= 11 is 5.99. The van der Waals surface area contributed by atoms with Crippen LogP contribution < -0.4 is 10.5 Å². The summed E-state index contributed by atoms with van der Waals surface area (Å²) in [7, 11) is 1.23. The first-order chi connectivity index (χ1) is 7.70. The lowest BCUT2D eigenvalue weighted by molar-refractivity contribution is -0.149. The van der Waals surface area contributed by atoms with Crippen LogP contribution in [0.2, 0.25) is 0 Å². The third kappa shape index (κ3) is 2.86. The third-order valence-electron chi connectivity index (χ3n) is 2.08. The molecule has 8 heteroatoms. The Labute approximate surface area is 112 Å². The maximum absolute atomic E-state index is 12.5. The fraction of sp³-hybridized carbons (Fsp3) is 0.333. The van der Waals surface area contributed by atoms with Crippen molar-refractivity contribution in [3.05, 3.63) is 20.6 Å². The zero-order valence-corrected chi connectivity index (χ0v) is 11.6.